The second kappa shape index (κ2) is 2.35. The van der Waals surface area contributed by atoms with E-state index in [2.05, 4.69) is 0 Å². The normalized spacial score (nSPS) is 9.29. The van der Waals surface area contributed by atoms with Crippen molar-refractivity contribution in [3.05, 3.63) is 17.5 Å². The van der Waals surface area contributed by atoms with Crippen molar-refractivity contribution >= 4 is 23.4 Å². The SMILES string of the molecule is OSc1cccs1. The van der Waals surface area contributed by atoms with Crippen molar-refractivity contribution in [1.29, 1.82) is 0 Å². The molecular weight excluding hydrogens is 128 g/mol. The van der Waals surface area contributed by atoms with Crippen LogP contribution in [0.3, 0.4) is 0 Å². The van der Waals surface area contributed by atoms with Crippen molar-refractivity contribution in [2.24, 2.45) is 0 Å². The molecule has 0 aliphatic heterocycles. The van der Waals surface area contributed by atoms with Gasteiger partial charge in [0, 0.05) is 12.0 Å². The highest BCUT2D eigenvalue weighted by Gasteiger charge is 1.85. The largest absolute Gasteiger partial charge is 0.325 e. The van der Waals surface area contributed by atoms with E-state index < -0.39 is 0 Å². The molecule has 0 atom stereocenters. The summed E-state index contributed by atoms with van der Waals surface area (Å²) < 4.78 is 9.30. The van der Waals surface area contributed by atoms with E-state index in [4.69, 9.17) is 4.55 Å². The maximum Gasteiger partial charge on any atom is 0.0873 e. The Morgan fingerprint density at radius 1 is 1.71 bits per heavy atom. The summed E-state index contributed by atoms with van der Waals surface area (Å²) in [5.74, 6) is 0. The van der Waals surface area contributed by atoms with Gasteiger partial charge >= 0.3 is 0 Å². The van der Waals surface area contributed by atoms with Crippen LogP contribution in [0.4, 0.5) is 0 Å². The molecule has 1 nitrogen and oxygen atoms in total. The topological polar surface area (TPSA) is 20.2 Å². The summed E-state index contributed by atoms with van der Waals surface area (Å²) in [6.07, 6.45) is 0. The van der Waals surface area contributed by atoms with Gasteiger partial charge in [0.25, 0.3) is 0 Å². The minimum absolute atomic E-state index is 0.794. The maximum absolute atomic E-state index is 8.35. The zero-order valence-corrected chi connectivity index (χ0v) is 5.13. The summed E-state index contributed by atoms with van der Waals surface area (Å²) >= 11 is 2.33. The molecule has 1 aromatic heterocycles. The fourth-order valence-corrected chi connectivity index (χ4v) is 1.24. The Morgan fingerprint density at radius 3 is 2.86 bits per heavy atom. The van der Waals surface area contributed by atoms with Crippen LogP contribution in [0.25, 0.3) is 0 Å². The van der Waals surface area contributed by atoms with Gasteiger partial charge in [-0.2, -0.15) is 0 Å². The Bertz CT molecular complexity index is 124. The zero-order valence-electron chi connectivity index (χ0n) is 3.50. The molecule has 0 bridgehead atoms. The fraction of sp³-hybridized carbons (Fsp3) is 0. The fourth-order valence-electron chi connectivity index (χ4n) is 0.315. The van der Waals surface area contributed by atoms with Gasteiger partial charge in [-0.15, -0.1) is 11.3 Å². The van der Waals surface area contributed by atoms with Gasteiger partial charge < -0.3 is 4.55 Å². The molecule has 0 saturated carbocycles. The first-order valence-corrected chi connectivity index (χ1v) is 3.43. The van der Waals surface area contributed by atoms with Crippen LogP contribution in [0.2, 0.25) is 0 Å². The van der Waals surface area contributed by atoms with Gasteiger partial charge in [0.2, 0.25) is 0 Å². The van der Waals surface area contributed by atoms with Crippen LogP contribution in [0.5, 0.6) is 0 Å². The van der Waals surface area contributed by atoms with Gasteiger partial charge in [0.05, 0.1) is 4.21 Å². The van der Waals surface area contributed by atoms with Gasteiger partial charge in [-0.3, -0.25) is 0 Å². The first kappa shape index (κ1) is 5.15. The first-order chi connectivity index (χ1) is 3.43. The molecule has 38 valence electrons. The van der Waals surface area contributed by atoms with Crippen molar-refractivity contribution in [2.75, 3.05) is 0 Å². The van der Waals surface area contributed by atoms with Gasteiger partial charge in [-0.25, -0.2) is 0 Å². The molecular formula is C4H4OS2. The lowest BCUT2D eigenvalue weighted by molar-refractivity contribution is 0.665. The van der Waals surface area contributed by atoms with E-state index in [1.165, 1.54) is 11.3 Å². The molecule has 0 aromatic carbocycles. The van der Waals surface area contributed by atoms with Gasteiger partial charge in [0.1, 0.15) is 0 Å². The lowest BCUT2D eigenvalue weighted by Gasteiger charge is -1.76. The number of thiophene rings is 1. The second-order valence-electron chi connectivity index (χ2n) is 1.02. The molecule has 1 rings (SSSR count). The van der Waals surface area contributed by atoms with E-state index in [-0.39, 0.29) is 0 Å². The third-order valence-electron chi connectivity index (χ3n) is 0.585. The molecule has 0 radical (unpaired) electrons. The van der Waals surface area contributed by atoms with E-state index in [9.17, 15) is 0 Å². The Kier molecular flexibility index (Phi) is 1.73. The van der Waals surface area contributed by atoms with Crippen LogP contribution in [0, 0.1) is 0 Å². The third kappa shape index (κ3) is 1.19. The molecule has 0 saturated heterocycles. The van der Waals surface area contributed by atoms with Crippen molar-refractivity contribution in [3.8, 4) is 0 Å². The Hall–Kier alpha value is 0.01000. The monoisotopic (exact) mass is 132 g/mol. The predicted octanol–water partition coefficient (Wildman–Crippen LogP) is 2.31. The predicted molar refractivity (Wildman–Crippen MR) is 32.8 cm³/mol. The molecule has 0 spiro atoms. The average Bonchev–Trinajstić information content (AvgIpc) is 2.14. The highest BCUT2D eigenvalue weighted by atomic mass is 32.2. The lowest BCUT2D eigenvalue weighted by atomic mass is 10.7. The Labute approximate surface area is 50.2 Å². The van der Waals surface area contributed by atoms with Crippen LogP contribution >= 0.6 is 23.4 Å². The number of hydrogen-bond acceptors (Lipinski definition) is 3. The number of hydrogen-bond donors (Lipinski definition) is 1. The summed E-state index contributed by atoms with van der Waals surface area (Å²) in [5.41, 5.74) is 0. The smallest absolute Gasteiger partial charge is 0.0873 e. The summed E-state index contributed by atoms with van der Waals surface area (Å²) in [6.45, 7) is 0. The molecule has 3 heteroatoms. The molecule has 0 fully saturated rings. The van der Waals surface area contributed by atoms with Crippen LogP contribution in [-0.4, -0.2) is 4.55 Å². The highest BCUT2D eigenvalue weighted by Crippen LogP contribution is 2.19. The van der Waals surface area contributed by atoms with Crippen LogP contribution in [-0.2, 0) is 0 Å². The number of rotatable bonds is 1. The minimum Gasteiger partial charge on any atom is -0.325 e. The van der Waals surface area contributed by atoms with Gasteiger partial charge in [-0.05, 0) is 11.4 Å². The van der Waals surface area contributed by atoms with Crippen molar-refractivity contribution in [2.45, 2.75) is 4.21 Å². The summed E-state index contributed by atoms with van der Waals surface area (Å²) in [5, 5.41) is 1.93. The molecule has 1 aromatic rings. The summed E-state index contributed by atoms with van der Waals surface area (Å²) in [4.78, 5) is 0. The first-order valence-electron chi connectivity index (χ1n) is 1.78. The summed E-state index contributed by atoms with van der Waals surface area (Å²) in [6, 6.07) is 3.78. The highest BCUT2D eigenvalue weighted by molar-refractivity contribution is 7.95. The van der Waals surface area contributed by atoms with Crippen molar-refractivity contribution < 1.29 is 4.55 Å². The quantitative estimate of drug-likeness (QED) is 0.592. The lowest BCUT2D eigenvalue weighted by Crippen LogP contribution is -1.47. The average molecular weight is 132 g/mol. The van der Waals surface area contributed by atoms with Crippen LogP contribution in [0.15, 0.2) is 21.7 Å². The second-order valence-corrected chi connectivity index (χ2v) is 2.85. The van der Waals surface area contributed by atoms with Gasteiger partial charge in [-0.1, -0.05) is 6.07 Å². The van der Waals surface area contributed by atoms with E-state index in [1.54, 1.807) is 0 Å². The molecule has 0 aliphatic rings. The van der Waals surface area contributed by atoms with Crippen LogP contribution < -0.4 is 0 Å². The van der Waals surface area contributed by atoms with Crippen LogP contribution in [0.1, 0.15) is 0 Å². The maximum atomic E-state index is 8.35. The molecule has 1 N–H and O–H groups in total. The molecule has 7 heavy (non-hydrogen) atoms. The van der Waals surface area contributed by atoms with Crippen molar-refractivity contribution in [1.82, 2.24) is 0 Å². The van der Waals surface area contributed by atoms with E-state index in [1.807, 2.05) is 17.5 Å². The van der Waals surface area contributed by atoms with E-state index in [0.29, 0.717) is 0 Å². The standard InChI is InChI=1S/C4H4OS2/c5-7-4-2-1-3-6-4/h1-3,5H. The van der Waals surface area contributed by atoms with E-state index >= 15 is 0 Å². The van der Waals surface area contributed by atoms with E-state index in [0.717, 1.165) is 16.3 Å². The summed E-state index contributed by atoms with van der Waals surface area (Å²) in [7, 11) is 0. The Morgan fingerprint density at radius 2 is 2.57 bits per heavy atom. The molecule has 1 heterocycles. The molecule has 0 aliphatic carbocycles. The molecule has 0 amide bonds. The van der Waals surface area contributed by atoms with Crippen molar-refractivity contribution in [3.63, 3.8) is 0 Å². The molecule has 0 unspecified atom stereocenters. The zero-order chi connectivity index (χ0) is 5.11. The van der Waals surface area contributed by atoms with Gasteiger partial charge in [0.15, 0.2) is 0 Å². The minimum atomic E-state index is 0.794. The third-order valence-corrected chi connectivity index (χ3v) is 2.07. The Balaban J connectivity index is 2.76.